The Kier molecular flexibility index (Phi) is 3.71. The number of nitrogen functional groups attached to an aromatic ring is 1. The van der Waals surface area contributed by atoms with Gasteiger partial charge in [0.25, 0.3) is 5.91 Å². The van der Waals surface area contributed by atoms with E-state index in [1.54, 1.807) is 0 Å². The standard InChI is InChI=1S/C14H9Cl2N3OS/c15-8-5-7(6-9(17)12(8)16)13(20)19-14-18-10-3-1-2-4-11(10)21-14/h1-6H,17H2,(H,18,19,20). The molecule has 0 aliphatic rings. The molecule has 0 aliphatic heterocycles. The topological polar surface area (TPSA) is 68.0 Å². The van der Waals surface area contributed by atoms with Crippen LogP contribution in [0.3, 0.4) is 0 Å². The summed E-state index contributed by atoms with van der Waals surface area (Å²) in [4.78, 5) is 16.5. The summed E-state index contributed by atoms with van der Waals surface area (Å²) in [5, 5.41) is 3.74. The number of fused-ring (bicyclic) bond motifs is 1. The van der Waals surface area contributed by atoms with Crippen LogP contribution >= 0.6 is 34.5 Å². The molecule has 1 heterocycles. The maximum Gasteiger partial charge on any atom is 0.257 e. The first kappa shape index (κ1) is 14.1. The molecule has 0 spiro atoms. The summed E-state index contributed by atoms with van der Waals surface area (Å²) < 4.78 is 1.00. The van der Waals surface area contributed by atoms with E-state index in [1.807, 2.05) is 24.3 Å². The third-order valence-corrected chi connectivity index (χ3v) is 4.60. The number of nitrogens with one attached hydrogen (secondary N) is 1. The molecule has 2 aromatic carbocycles. The van der Waals surface area contributed by atoms with Crippen molar-refractivity contribution in [3.05, 3.63) is 52.0 Å². The van der Waals surface area contributed by atoms with Gasteiger partial charge in [-0.2, -0.15) is 0 Å². The summed E-state index contributed by atoms with van der Waals surface area (Å²) >= 11 is 13.2. The highest BCUT2D eigenvalue weighted by atomic mass is 35.5. The highest BCUT2D eigenvalue weighted by molar-refractivity contribution is 7.22. The van der Waals surface area contributed by atoms with Crippen molar-refractivity contribution in [1.29, 1.82) is 0 Å². The minimum Gasteiger partial charge on any atom is -0.397 e. The molecule has 1 amide bonds. The lowest BCUT2D eigenvalue weighted by Crippen LogP contribution is -2.12. The minimum atomic E-state index is -0.334. The predicted octanol–water partition coefficient (Wildman–Crippen LogP) is 4.44. The first-order valence-electron chi connectivity index (χ1n) is 5.96. The maximum absolute atomic E-state index is 12.2. The van der Waals surface area contributed by atoms with Crippen molar-refractivity contribution < 1.29 is 4.79 Å². The smallest absolute Gasteiger partial charge is 0.257 e. The molecule has 0 bridgehead atoms. The van der Waals surface area contributed by atoms with Crippen LogP contribution in [0.5, 0.6) is 0 Å². The zero-order valence-electron chi connectivity index (χ0n) is 10.6. The quantitative estimate of drug-likeness (QED) is 0.679. The van der Waals surface area contributed by atoms with Crippen molar-refractivity contribution in [1.82, 2.24) is 4.98 Å². The number of hydrogen-bond acceptors (Lipinski definition) is 4. The SMILES string of the molecule is Nc1cc(C(=O)Nc2nc3ccccc3s2)cc(Cl)c1Cl. The molecule has 0 saturated carbocycles. The third-order valence-electron chi connectivity index (χ3n) is 2.83. The Bertz CT molecular complexity index is 791. The number of nitrogens with two attached hydrogens (primary N) is 1. The molecule has 7 heteroatoms. The molecule has 3 N–H and O–H groups in total. The number of hydrogen-bond donors (Lipinski definition) is 2. The maximum atomic E-state index is 12.2. The zero-order valence-corrected chi connectivity index (χ0v) is 12.9. The summed E-state index contributed by atoms with van der Waals surface area (Å²) in [7, 11) is 0. The average molecular weight is 338 g/mol. The van der Waals surface area contributed by atoms with Crippen molar-refractivity contribution >= 4 is 61.5 Å². The van der Waals surface area contributed by atoms with Gasteiger partial charge in [0.2, 0.25) is 0 Å². The molecule has 0 fully saturated rings. The Morgan fingerprint density at radius 2 is 2.00 bits per heavy atom. The highest BCUT2D eigenvalue weighted by Gasteiger charge is 2.13. The highest BCUT2D eigenvalue weighted by Crippen LogP contribution is 2.30. The van der Waals surface area contributed by atoms with Crippen molar-refractivity contribution in [3.8, 4) is 0 Å². The molecule has 0 aliphatic carbocycles. The lowest BCUT2D eigenvalue weighted by atomic mass is 10.2. The van der Waals surface area contributed by atoms with E-state index >= 15 is 0 Å². The summed E-state index contributed by atoms with van der Waals surface area (Å²) in [5.74, 6) is -0.334. The van der Waals surface area contributed by atoms with Gasteiger partial charge in [0.05, 0.1) is 25.9 Å². The number of benzene rings is 2. The van der Waals surface area contributed by atoms with Crippen LogP contribution in [0.15, 0.2) is 36.4 Å². The van der Waals surface area contributed by atoms with Gasteiger partial charge in [-0.15, -0.1) is 0 Å². The number of nitrogens with zero attached hydrogens (tertiary/aromatic N) is 1. The van der Waals surface area contributed by atoms with Gasteiger partial charge in [-0.05, 0) is 24.3 Å². The van der Waals surface area contributed by atoms with E-state index in [2.05, 4.69) is 10.3 Å². The van der Waals surface area contributed by atoms with E-state index in [0.29, 0.717) is 10.7 Å². The number of para-hydroxylation sites is 1. The Labute approximate surface area is 134 Å². The van der Waals surface area contributed by atoms with Crippen LogP contribution in [-0.2, 0) is 0 Å². The number of carbonyl (C=O) groups excluding carboxylic acids is 1. The van der Waals surface area contributed by atoms with E-state index < -0.39 is 0 Å². The summed E-state index contributed by atoms with van der Waals surface area (Å²) in [6.07, 6.45) is 0. The number of thiazole rings is 1. The van der Waals surface area contributed by atoms with Crippen molar-refractivity contribution in [2.24, 2.45) is 0 Å². The Morgan fingerprint density at radius 1 is 1.24 bits per heavy atom. The molecule has 0 radical (unpaired) electrons. The molecular formula is C14H9Cl2N3OS. The van der Waals surface area contributed by atoms with Crippen LogP contribution in [0.4, 0.5) is 10.8 Å². The van der Waals surface area contributed by atoms with E-state index in [9.17, 15) is 4.79 Å². The summed E-state index contributed by atoms with van der Waals surface area (Å²) in [5.41, 5.74) is 7.14. The average Bonchev–Trinajstić information content (AvgIpc) is 2.86. The number of rotatable bonds is 2. The molecule has 4 nitrogen and oxygen atoms in total. The third kappa shape index (κ3) is 2.81. The molecule has 0 atom stereocenters. The Balaban J connectivity index is 1.89. The minimum absolute atomic E-state index is 0.242. The molecule has 3 aromatic rings. The molecule has 0 saturated heterocycles. The Morgan fingerprint density at radius 3 is 2.71 bits per heavy atom. The van der Waals surface area contributed by atoms with Crippen LogP contribution in [0, 0.1) is 0 Å². The number of amides is 1. The molecule has 3 rings (SSSR count). The number of carbonyl (C=O) groups is 1. The first-order valence-corrected chi connectivity index (χ1v) is 7.53. The van der Waals surface area contributed by atoms with Crippen LogP contribution in [0.2, 0.25) is 10.0 Å². The number of aromatic nitrogens is 1. The normalized spacial score (nSPS) is 10.8. The van der Waals surface area contributed by atoms with Crippen molar-refractivity contribution in [3.63, 3.8) is 0 Å². The van der Waals surface area contributed by atoms with Crippen LogP contribution in [0.1, 0.15) is 10.4 Å². The number of halogens is 2. The second kappa shape index (κ2) is 5.52. The fourth-order valence-corrected chi connectivity index (χ4v) is 3.03. The largest absolute Gasteiger partial charge is 0.397 e. The van der Waals surface area contributed by atoms with Crippen molar-refractivity contribution in [2.45, 2.75) is 0 Å². The van der Waals surface area contributed by atoms with Gasteiger partial charge >= 0.3 is 0 Å². The van der Waals surface area contributed by atoms with Gasteiger partial charge < -0.3 is 5.73 Å². The van der Waals surface area contributed by atoms with Gasteiger partial charge in [0.1, 0.15) is 0 Å². The van der Waals surface area contributed by atoms with E-state index in [4.69, 9.17) is 28.9 Å². The molecular weight excluding hydrogens is 329 g/mol. The molecule has 1 aromatic heterocycles. The zero-order chi connectivity index (χ0) is 15.0. The first-order chi connectivity index (χ1) is 10.0. The monoisotopic (exact) mass is 337 g/mol. The van der Waals surface area contributed by atoms with Gasteiger partial charge in [-0.1, -0.05) is 46.7 Å². The van der Waals surface area contributed by atoms with E-state index in [-0.39, 0.29) is 21.6 Å². The fourth-order valence-electron chi connectivity index (χ4n) is 1.84. The van der Waals surface area contributed by atoms with Gasteiger partial charge in [-0.25, -0.2) is 4.98 Å². The van der Waals surface area contributed by atoms with Gasteiger partial charge in [0.15, 0.2) is 5.13 Å². The van der Waals surface area contributed by atoms with Crippen molar-refractivity contribution in [2.75, 3.05) is 11.1 Å². The second-order valence-corrected chi connectivity index (χ2v) is 6.12. The summed E-state index contributed by atoms with van der Waals surface area (Å²) in [6, 6.07) is 10.6. The second-order valence-electron chi connectivity index (χ2n) is 4.30. The van der Waals surface area contributed by atoms with Crippen LogP contribution in [-0.4, -0.2) is 10.9 Å². The molecule has 106 valence electrons. The van der Waals surface area contributed by atoms with Gasteiger partial charge in [-0.3, -0.25) is 10.1 Å². The molecule has 21 heavy (non-hydrogen) atoms. The van der Waals surface area contributed by atoms with Gasteiger partial charge in [0, 0.05) is 5.56 Å². The van der Waals surface area contributed by atoms with Crippen LogP contribution in [0.25, 0.3) is 10.2 Å². The van der Waals surface area contributed by atoms with E-state index in [1.165, 1.54) is 23.5 Å². The Hall–Kier alpha value is -1.82. The lowest BCUT2D eigenvalue weighted by molar-refractivity contribution is 0.102. The summed E-state index contributed by atoms with van der Waals surface area (Å²) in [6.45, 7) is 0. The predicted molar refractivity (Wildman–Crippen MR) is 88.4 cm³/mol. The number of anilines is 2. The lowest BCUT2D eigenvalue weighted by Gasteiger charge is -2.05. The molecule has 0 unspecified atom stereocenters. The van der Waals surface area contributed by atoms with E-state index in [0.717, 1.165) is 10.2 Å². The fraction of sp³-hybridized carbons (Fsp3) is 0. The van der Waals surface area contributed by atoms with Crippen LogP contribution < -0.4 is 11.1 Å².